The number of likely N-dealkylation sites (tertiary alicyclic amines) is 1. The summed E-state index contributed by atoms with van der Waals surface area (Å²) in [7, 11) is 1.47. The SMILES string of the molecule is COc1cc(CN2C[C@H](CN(C(=O)c3ccc(F)cc3)C(C)C)[C@H](c3cccc(C(F)(F)F)c3)C2)ccc1O. The topological polar surface area (TPSA) is 53.0 Å². The summed E-state index contributed by atoms with van der Waals surface area (Å²) in [6, 6.07) is 15.6. The average molecular weight is 545 g/mol. The van der Waals surface area contributed by atoms with Gasteiger partial charge in [0, 0.05) is 43.7 Å². The van der Waals surface area contributed by atoms with Gasteiger partial charge in [-0.1, -0.05) is 24.3 Å². The number of benzene rings is 3. The monoisotopic (exact) mass is 544 g/mol. The molecule has 5 nitrogen and oxygen atoms in total. The molecule has 0 unspecified atom stereocenters. The van der Waals surface area contributed by atoms with Crippen LogP contribution in [-0.4, -0.2) is 53.6 Å². The summed E-state index contributed by atoms with van der Waals surface area (Å²) in [6.45, 7) is 5.63. The Morgan fingerprint density at radius 2 is 1.79 bits per heavy atom. The summed E-state index contributed by atoms with van der Waals surface area (Å²) < 4.78 is 59.3. The lowest BCUT2D eigenvalue weighted by Crippen LogP contribution is -2.42. The van der Waals surface area contributed by atoms with E-state index in [2.05, 4.69) is 4.90 Å². The Morgan fingerprint density at radius 3 is 2.44 bits per heavy atom. The molecule has 4 rings (SSSR count). The molecule has 2 atom stereocenters. The van der Waals surface area contributed by atoms with Crippen LogP contribution in [0.2, 0.25) is 0 Å². The molecular weight excluding hydrogens is 512 g/mol. The number of halogens is 4. The van der Waals surface area contributed by atoms with E-state index in [0.717, 1.165) is 11.6 Å². The van der Waals surface area contributed by atoms with Crippen LogP contribution in [0.15, 0.2) is 66.7 Å². The third-order valence-electron chi connectivity index (χ3n) is 7.22. The molecule has 3 aromatic rings. The molecule has 0 saturated carbocycles. The van der Waals surface area contributed by atoms with Gasteiger partial charge in [-0.05, 0) is 73.4 Å². The van der Waals surface area contributed by atoms with E-state index in [9.17, 15) is 27.5 Å². The lowest BCUT2D eigenvalue weighted by Gasteiger charge is -2.32. The van der Waals surface area contributed by atoms with Crippen LogP contribution < -0.4 is 4.74 Å². The van der Waals surface area contributed by atoms with Crippen LogP contribution in [0.3, 0.4) is 0 Å². The standard InChI is InChI=1S/C30H32F4N2O3/c1-19(2)36(29(38)21-8-10-25(31)11-9-21)17-23-16-35(15-20-7-12-27(37)28(13-20)39-3)18-26(23)22-5-4-6-24(14-22)30(32,33)34/h4-14,19,23,26,37H,15-18H2,1-3H3/t23-,26+/m1/s1. The van der Waals surface area contributed by atoms with Crippen LogP contribution >= 0.6 is 0 Å². The Hall–Kier alpha value is -3.59. The Kier molecular flexibility index (Phi) is 8.49. The van der Waals surface area contributed by atoms with Crippen LogP contribution in [0.4, 0.5) is 17.6 Å². The lowest BCUT2D eigenvalue weighted by atomic mass is 9.87. The predicted octanol–water partition coefficient (Wildman–Crippen LogP) is 6.33. The van der Waals surface area contributed by atoms with Crippen molar-refractivity contribution < 1.29 is 32.2 Å². The minimum atomic E-state index is -4.46. The maximum atomic E-state index is 13.5. The minimum Gasteiger partial charge on any atom is -0.504 e. The number of methoxy groups -OCH3 is 1. The fourth-order valence-electron chi connectivity index (χ4n) is 5.22. The number of carbonyl (C=O) groups is 1. The second-order valence-corrected chi connectivity index (χ2v) is 10.2. The highest BCUT2D eigenvalue weighted by molar-refractivity contribution is 5.94. The molecule has 1 N–H and O–H groups in total. The van der Waals surface area contributed by atoms with Gasteiger partial charge in [0.05, 0.1) is 12.7 Å². The van der Waals surface area contributed by atoms with Crippen LogP contribution in [0.5, 0.6) is 11.5 Å². The molecule has 9 heteroatoms. The zero-order chi connectivity index (χ0) is 28.3. The van der Waals surface area contributed by atoms with Crippen molar-refractivity contribution in [2.45, 2.75) is 38.5 Å². The van der Waals surface area contributed by atoms with Crippen LogP contribution in [-0.2, 0) is 12.7 Å². The van der Waals surface area contributed by atoms with Gasteiger partial charge in [0.2, 0.25) is 0 Å². The zero-order valence-electron chi connectivity index (χ0n) is 22.1. The number of phenols is 1. The largest absolute Gasteiger partial charge is 0.504 e. The Labute approximate surface area is 225 Å². The van der Waals surface area contributed by atoms with Crippen molar-refractivity contribution >= 4 is 5.91 Å². The van der Waals surface area contributed by atoms with Gasteiger partial charge in [0.15, 0.2) is 11.5 Å². The normalized spacial score (nSPS) is 17.9. The van der Waals surface area contributed by atoms with Crippen molar-refractivity contribution in [2.75, 3.05) is 26.7 Å². The van der Waals surface area contributed by atoms with Crippen LogP contribution in [0.1, 0.15) is 46.8 Å². The first kappa shape index (κ1) is 28.4. The van der Waals surface area contributed by atoms with E-state index in [1.807, 2.05) is 13.8 Å². The molecule has 0 bridgehead atoms. The van der Waals surface area contributed by atoms with Gasteiger partial charge < -0.3 is 14.7 Å². The van der Waals surface area contributed by atoms with Crippen molar-refractivity contribution in [1.82, 2.24) is 9.80 Å². The van der Waals surface area contributed by atoms with E-state index in [-0.39, 0.29) is 29.5 Å². The number of carbonyl (C=O) groups excluding carboxylic acids is 1. The number of nitrogens with zero attached hydrogens (tertiary/aromatic N) is 2. The Balaban J connectivity index is 1.63. The van der Waals surface area contributed by atoms with E-state index >= 15 is 0 Å². The first-order valence-electron chi connectivity index (χ1n) is 12.8. The number of phenolic OH excluding ortho intramolecular Hbond substituents is 1. The maximum absolute atomic E-state index is 13.5. The highest BCUT2D eigenvalue weighted by Crippen LogP contribution is 2.38. The molecule has 1 aliphatic rings. The fourth-order valence-corrected chi connectivity index (χ4v) is 5.22. The molecule has 0 radical (unpaired) electrons. The lowest BCUT2D eigenvalue weighted by molar-refractivity contribution is -0.137. The third-order valence-corrected chi connectivity index (χ3v) is 7.22. The van der Waals surface area contributed by atoms with E-state index in [1.54, 1.807) is 29.2 Å². The minimum absolute atomic E-state index is 0.0225. The summed E-state index contributed by atoms with van der Waals surface area (Å²) in [6.07, 6.45) is -4.46. The van der Waals surface area contributed by atoms with Crippen molar-refractivity contribution in [3.05, 3.63) is 94.8 Å². The Morgan fingerprint density at radius 1 is 1.08 bits per heavy atom. The number of alkyl halides is 3. The summed E-state index contributed by atoms with van der Waals surface area (Å²) in [5.74, 6) is -0.741. The average Bonchev–Trinajstić information content (AvgIpc) is 3.30. The van der Waals surface area contributed by atoms with E-state index in [0.29, 0.717) is 43.1 Å². The number of rotatable bonds is 8. The summed E-state index contributed by atoms with van der Waals surface area (Å²) >= 11 is 0. The smallest absolute Gasteiger partial charge is 0.416 e. The molecule has 1 saturated heterocycles. The molecule has 39 heavy (non-hydrogen) atoms. The molecule has 1 fully saturated rings. The number of aromatic hydroxyl groups is 1. The van der Waals surface area contributed by atoms with Gasteiger partial charge in [0.25, 0.3) is 5.91 Å². The second kappa shape index (κ2) is 11.7. The third kappa shape index (κ3) is 6.71. The van der Waals surface area contributed by atoms with Gasteiger partial charge in [-0.15, -0.1) is 0 Å². The van der Waals surface area contributed by atoms with Crippen LogP contribution in [0.25, 0.3) is 0 Å². The fraction of sp³-hybridized carbons (Fsp3) is 0.367. The Bertz CT molecular complexity index is 1290. The number of hydrogen-bond donors (Lipinski definition) is 1. The van der Waals surface area contributed by atoms with E-state index in [1.165, 1.54) is 43.5 Å². The molecule has 0 aromatic heterocycles. The van der Waals surface area contributed by atoms with Gasteiger partial charge in [0.1, 0.15) is 5.82 Å². The van der Waals surface area contributed by atoms with Gasteiger partial charge >= 0.3 is 6.18 Å². The van der Waals surface area contributed by atoms with Gasteiger partial charge in [-0.25, -0.2) is 4.39 Å². The number of hydrogen-bond acceptors (Lipinski definition) is 4. The highest BCUT2D eigenvalue weighted by Gasteiger charge is 2.38. The second-order valence-electron chi connectivity index (χ2n) is 10.2. The number of amides is 1. The molecule has 208 valence electrons. The highest BCUT2D eigenvalue weighted by atomic mass is 19.4. The summed E-state index contributed by atoms with van der Waals surface area (Å²) in [4.78, 5) is 17.2. The van der Waals surface area contributed by atoms with E-state index < -0.39 is 17.6 Å². The molecule has 1 aliphatic heterocycles. The first-order chi connectivity index (χ1) is 18.5. The molecule has 3 aromatic carbocycles. The first-order valence-corrected chi connectivity index (χ1v) is 12.8. The molecule has 0 spiro atoms. The quantitative estimate of drug-likeness (QED) is 0.337. The molecule has 0 aliphatic carbocycles. The van der Waals surface area contributed by atoms with Crippen molar-refractivity contribution in [3.63, 3.8) is 0 Å². The summed E-state index contributed by atoms with van der Waals surface area (Å²) in [5.41, 5.74) is 1.10. The predicted molar refractivity (Wildman–Crippen MR) is 140 cm³/mol. The van der Waals surface area contributed by atoms with Gasteiger partial charge in [-0.3, -0.25) is 9.69 Å². The summed E-state index contributed by atoms with van der Waals surface area (Å²) in [5, 5.41) is 9.94. The molecule has 1 amide bonds. The molecule has 1 heterocycles. The maximum Gasteiger partial charge on any atom is 0.416 e. The van der Waals surface area contributed by atoms with E-state index in [4.69, 9.17) is 4.74 Å². The number of ether oxygens (including phenoxy) is 1. The van der Waals surface area contributed by atoms with Crippen molar-refractivity contribution in [2.24, 2.45) is 5.92 Å². The molecular formula is C30H32F4N2O3. The van der Waals surface area contributed by atoms with Crippen LogP contribution in [0, 0.1) is 11.7 Å². The van der Waals surface area contributed by atoms with Crippen molar-refractivity contribution in [1.29, 1.82) is 0 Å². The van der Waals surface area contributed by atoms with Gasteiger partial charge in [-0.2, -0.15) is 13.2 Å². The zero-order valence-corrected chi connectivity index (χ0v) is 22.1. The van der Waals surface area contributed by atoms with Crippen molar-refractivity contribution in [3.8, 4) is 11.5 Å².